The van der Waals surface area contributed by atoms with Crippen molar-refractivity contribution >= 4 is 11.0 Å². The SMILES string of the molecule is CC(C)(C)c1ccc(Cn2c(C(F)(F)F)nc3ccccc32)cc1. The summed E-state index contributed by atoms with van der Waals surface area (Å²) in [7, 11) is 0. The Balaban J connectivity index is 2.03. The van der Waals surface area contributed by atoms with Crippen LogP contribution in [0.2, 0.25) is 0 Å². The molecule has 0 aliphatic carbocycles. The lowest BCUT2D eigenvalue weighted by atomic mass is 9.87. The van der Waals surface area contributed by atoms with Crippen molar-refractivity contribution in [1.82, 2.24) is 9.55 Å². The van der Waals surface area contributed by atoms with E-state index in [-0.39, 0.29) is 12.0 Å². The highest BCUT2D eigenvalue weighted by Crippen LogP contribution is 2.32. The quantitative estimate of drug-likeness (QED) is 0.614. The molecule has 3 aromatic rings. The fourth-order valence-corrected chi connectivity index (χ4v) is 2.74. The second-order valence-corrected chi connectivity index (χ2v) is 6.95. The molecule has 24 heavy (non-hydrogen) atoms. The largest absolute Gasteiger partial charge is 0.449 e. The average Bonchev–Trinajstić information content (AvgIpc) is 2.86. The molecule has 2 nitrogen and oxygen atoms in total. The van der Waals surface area contributed by atoms with E-state index in [2.05, 4.69) is 25.8 Å². The Morgan fingerprint density at radius 3 is 2.12 bits per heavy atom. The summed E-state index contributed by atoms with van der Waals surface area (Å²) in [6.45, 7) is 6.45. The van der Waals surface area contributed by atoms with Gasteiger partial charge in [-0.1, -0.05) is 57.2 Å². The summed E-state index contributed by atoms with van der Waals surface area (Å²) in [5.41, 5.74) is 2.83. The van der Waals surface area contributed by atoms with Gasteiger partial charge in [0.2, 0.25) is 5.82 Å². The second kappa shape index (κ2) is 5.65. The summed E-state index contributed by atoms with van der Waals surface area (Å²) in [5, 5.41) is 0. The molecule has 0 saturated carbocycles. The number of nitrogens with zero attached hydrogens (tertiary/aromatic N) is 2. The number of hydrogen-bond acceptors (Lipinski definition) is 1. The number of halogens is 3. The molecular weight excluding hydrogens is 313 g/mol. The van der Waals surface area contributed by atoms with Gasteiger partial charge in [-0.05, 0) is 28.7 Å². The van der Waals surface area contributed by atoms with Crippen molar-refractivity contribution in [3.05, 3.63) is 65.5 Å². The van der Waals surface area contributed by atoms with Crippen LogP contribution in [0.15, 0.2) is 48.5 Å². The van der Waals surface area contributed by atoms with Gasteiger partial charge in [-0.3, -0.25) is 0 Å². The molecule has 0 N–H and O–H groups in total. The van der Waals surface area contributed by atoms with Crippen molar-refractivity contribution in [2.75, 3.05) is 0 Å². The molecule has 0 fully saturated rings. The van der Waals surface area contributed by atoms with Gasteiger partial charge in [-0.15, -0.1) is 0 Å². The molecule has 0 unspecified atom stereocenters. The van der Waals surface area contributed by atoms with Gasteiger partial charge < -0.3 is 4.57 Å². The third-order valence-corrected chi connectivity index (χ3v) is 4.07. The zero-order valence-corrected chi connectivity index (χ0v) is 13.9. The fraction of sp³-hybridized carbons (Fsp3) is 0.316. The Kier molecular flexibility index (Phi) is 3.90. The Labute approximate surface area is 138 Å². The number of rotatable bonds is 2. The number of hydrogen-bond donors (Lipinski definition) is 0. The highest BCUT2D eigenvalue weighted by atomic mass is 19.4. The molecule has 0 bridgehead atoms. The van der Waals surface area contributed by atoms with Crippen molar-refractivity contribution in [2.24, 2.45) is 0 Å². The first-order valence-electron chi connectivity index (χ1n) is 7.78. The standard InChI is InChI=1S/C19H19F3N2/c1-18(2,3)14-10-8-13(9-11-14)12-24-16-7-5-4-6-15(16)23-17(24)19(20,21)22/h4-11H,12H2,1-3H3. The van der Waals surface area contributed by atoms with Crippen LogP contribution in [0.1, 0.15) is 37.7 Å². The van der Waals surface area contributed by atoms with Crippen LogP contribution in [0.5, 0.6) is 0 Å². The maximum Gasteiger partial charge on any atom is 0.449 e. The topological polar surface area (TPSA) is 17.8 Å². The Morgan fingerprint density at radius 2 is 1.54 bits per heavy atom. The molecule has 1 aromatic heterocycles. The van der Waals surface area contributed by atoms with Crippen LogP contribution < -0.4 is 0 Å². The lowest BCUT2D eigenvalue weighted by molar-refractivity contribution is -0.146. The molecule has 0 saturated heterocycles. The Morgan fingerprint density at radius 1 is 0.917 bits per heavy atom. The third kappa shape index (κ3) is 3.16. The summed E-state index contributed by atoms with van der Waals surface area (Å²) in [6.07, 6.45) is -4.48. The first-order chi connectivity index (χ1) is 11.2. The normalized spacial score (nSPS) is 12.8. The van der Waals surface area contributed by atoms with E-state index < -0.39 is 12.0 Å². The van der Waals surface area contributed by atoms with Crippen LogP contribution in [-0.2, 0) is 18.1 Å². The number of benzene rings is 2. The zero-order valence-electron chi connectivity index (χ0n) is 13.9. The van der Waals surface area contributed by atoms with E-state index in [1.54, 1.807) is 24.3 Å². The Bertz CT molecular complexity index is 853. The van der Waals surface area contributed by atoms with Crippen molar-refractivity contribution in [2.45, 2.75) is 38.9 Å². The molecule has 0 radical (unpaired) electrons. The van der Waals surface area contributed by atoms with Crippen molar-refractivity contribution < 1.29 is 13.2 Å². The molecule has 0 aliphatic rings. The number of para-hydroxylation sites is 2. The number of alkyl halides is 3. The highest BCUT2D eigenvalue weighted by Gasteiger charge is 2.37. The molecule has 1 heterocycles. The maximum absolute atomic E-state index is 13.3. The van der Waals surface area contributed by atoms with E-state index in [1.165, 1.54) is 4.57 Å². The van der Waals surface area contributed by atoms with E-state index in [4.69, 9.17) is 0 Å². The van der Waals surface area contributed by atoms with Crippen LogP contribution in [-0.4, -0.2) is 9.55 Å². The maximum atomic E-state index is 13.3. The van der Waals surface area contributed by atoms with Crippen LogP contribution in [0.25, 0.3) is 11.0 Å². The minimum absolute atomic E-state index is 0.0113. The van der Waals surface area contributed by atoms with Crippen LogP contribution >= 0.6 is 0 Å². The minimum atomic E-state index is -4.48. The van der Waals surface area contributed by atoms with E-state index in [1.807, 2.05) is 24.3 Å². The van der Waals surface area contributed by atoms with E-state index in [0.717, 1.165) is 11.1 Å². The van der Waals surface area contributed by atoms with Gasteiger partial charge in [0, 0.05) is 6.54 Å². The molecule has 5 heteroatoms. The molecule has 0 amide bonds. The zero-order chi connectivity index (χ0) is 17.5. The van der Waals surface area contributed by atoms with Gasteiger partial charge in [0.25, 0.3) is 0 Å². The van der Waals surface area contributed by atoms with E-state index in [0.29, 0.717) is 11.0 Å². The molecule has 0 atom stereocenters. The summed E-state index contributed by atoms with van der Waals surface area (Å²) in [5.74, 6) is -0.858. The molecule has 3 rings (SSSR count). The van der Waals surface area contributed by atoms with Crippen molar-refractivity contribution in [3.8, 4) is 0 Å². The highest BCUT2D eigenvalue weighted by molar-refractivity contribution is 5.76. The van der Waals surface area contributed by atoms with Gasteiger partial charge in [-0.25, -0.2) is 4.98 Å². The predicted octanol–water partition coefficient (Wildman–Crippen LogP) is 5.40. The molecule has 126 valence electrons. The van der Waals surface area contributed by atoms with E-state index in [9.17, 15) is 13.2 Å². The molecule has 0 aliphatic heterocycles. The second-order valence-electron chi connectivity index (χ2n) is 6.95. The lowest BCUT2D eigenvalue weighted by Gasteiger charge is -2.19. The van der Waals surface area contributed by atoms with Gasteiger partial charge in [-0.2, -0.15) is 13.2 Å². The summed E-state index contributed by atoms with van der Waals surface area (Å²) in [6, 6.07) is 14.4. The van der Waals surface area contributed by atoms with Gasteiger partial charge in [0.05, 0.1) is 11.0 Å². The van der Waals surface area contributed by atoms with E-state index >= 15 is 0 Å². The smallest absolute Gasteiger partial charge is 0.316 e. The molecular formula is C19H19F3N2. The Hall–Kier alpha value is -2.30. The van der Waals surface area contributed by atoms with Gasteiger partial charge in [0.15, 0.2) is 0 Å². The molecule has 0 spiro atoms. The third-order valence-electron chi connectivity index (χ3n) is 4.07. The predicted molar refractivity (Wildman–Crippen MR) is 89.0 cm³/mol. The van der Waals surface area contributed by atoms with Gasteiger partial charge >= 0.3 is 6.18 Å². The number of imidazole rings is 1. The van der Waals surface area contributed by atoms with Crippen molar-refractivity contribution in [3.63, 3.8) is 0 Å². The average molecular weight is 332 g/mol. The lowest BCUT2D eigenvalue weighted by Crippen LogP contribution is -2.16. The first kappa shape index (κ1) is 16.6. The van der Waals surface area contributed by atoms with Crippen LogP contribution in [0, 0.1) is 0 Å². The molecule has 2 aromatic carbocycles. The minimum Gasteiger partial charge on any atom is -0.316 e. The summed E-state index contributed by atoms with van der Waals surface area (Å²) < 4.78 is 41.2. The van der Waals surface area contributed by atoms with Crippen LogP contribution in [0.4, 0.5) is 13.2 Å². The number of fused-ring (bicyclic) bond motifs is 1. The monoisotopic (exact) mass is 332 g/mol. The van der Waals surface area contributed by atoms with Crippen LogP contribution in [0.3, 0.4) is 0 Å². The summed E-state index contributed by atoms with van der Waals surface area (Å²) in [4.78, 5) is 3.77. The summed E-state index contributed by atoms with van der Waals surface area (Å²) >= 11 is 0. The van der Waals surface area contributed by atoms with Gasteiger partial charge in [0.1, 0.15) is 0 Å². The first-order valence-corrected chi connectivity index (χ1v) is 7.78. The van der Waals surface area contributed by atoms with Crippen molar-refractivity contribution in [1.29, 1.82) is 0 Å². The fourth-order valence-electron chi connectivity index (χ4n) is 2.74. The number of aromatic nitrogens is 2.